The van der Waals surface area contributed by atoms with E-state index in [0.717, 1.165) is 4.47 Å². The predicted molar refractivity (Wildman–Crippen MR) is 47.0 cm³/mol. The number of para-hydroxylation sites is 1. The molecule has 0 heterocycles. The maximum Gasteiger partial charge on any atom is 0.229 e. The van der Waals surface area contributed by atoms with E-state index < -0.39 is 0 Å². The van der Waals surface area contributed by atoms with Crippen molar-refractivity contribution >= 4 is 21.6 Å². The van der Waals surface area contributed by atoms with Crippen LogP contribution in [0.4, 0.5) is 5.69 Å². The summed E-state index contributed by atoms with van der Waals surface area (Å²) in [6.07, 6.45) is 0. The second-order valence-electron chi connectivity index (χ2n) is 1.90. The van der Waals surface area contributed by atoms with Crippen LogP contribution in [-0.4, -0.2) is 7.11 Å². The molecule has 0 N–H and O–H groups in total. The van der Waals surface area contributed by atoms with E-state index in [1.165, 1.54) is 0 Å². The number of benzene rings is 1. The number of nitrogens with zero attached hydrogens (tertiary/aromatic N) is 1. The molecule has 0 atom stereocenters. The van der Waals surface area contributed by atoms with Crippen LogP contribution < -0.4 is 4.74 Å². The van der Waals surface area contributed by atoms with E-state index in [1.807, 2.05) is 6.07 Å². The van der Waals surface area contributed by atoms with E-state index in [4.69, 9.17) is 11.3 Å². The first-order chi connectivity index (χ1) is 5.29. The quantitative estimate of drug-likeness (QED) is 0.652. The van der Waals surface area contributed by atoms with E-state index in [-0.39, 0.29) is 0 Å². The standard InChI is InChI=1S/C8H6BrNO/c1-10-7-5-3-4-6(9)8(7)11-2/h3-5H,2H3. The Morgan fingerprint density at radius 2 is 2.27 bits per heavy atom. The molecule has 0 aromatic heterocycles. The van der Waals surface area contributed by atoms with Crippen LogP contribution in [0, 0.1) is 6.57 Å². The summed E-state index contributed by atoms with van der Waals surface area (Å²) < 4.78 is 5.82. The Morgan fingerprint density at radius 3 is 2.73 bits per heavy atom. The Balaban J connectivity index is 3.27. The summed E-state index contributed by atoms with van der Waals surface area (Å²) in [4.78, 5) is 3.30. The lowest BCUT2D eigenvalue weighted by atomic mass is 10.3. The van der Waals surface area contributed by atoms with Crippen molar-refractivity contribution in [1.29, 1.82) is 0 Å². The SMILES string of the molecule is [C-]#[N+]c1cccc(Br)c1OC. The Hall–Kier alpha value is -1.01. The highest BCUT2D eigenvalue weighted by Crippen LogP contribution is 2.34. The van der Waals surface area contributed by atoms with Crippen LogP contribution in [0.1, 0.15) is 0 Å². The number of methoxy groups -OCH3 is 1. The molecule has 1 aromatic carbocycles. The van der Waals surface area contributed by atoms with E-state index in [0.29, 0.717) is 11.4 Å². The van der Waals surface area contributed by atoms with E-state index >= 15 is 0 Å². The third-order valence-corrected chi connectivity index (χ3v) is 1.90. The van der Waals surface area contributed by atoms with Crippen molar-refractivity contribution in [1.82, 2.24) is 0 Å². The molecule has 1 rings (SSSR count). The third-order valence-electron chi connectivity index (χ3n) is 1.27. The van der Waals surface area contributed by atoms with Crippen molar-refractivity contribution in [3.63, 3.8) is 0 Å². The molecule has 0 fully saturated rings. The molecule has 0 bridgehead atoms. The van der Waals surface area contributed by atoms with Gasteiger partial charge in [-0.2, -0.15) is 0 Å². The molecular weight excluding hydrogens is 206 g/mol. The van der Waals surface area contributed by atoms with Crippen molar-refractivity contribution in [3.8, 4) is 5.75 Å². The molecular formula is C8H6BrNO. The topological polar surface area (TPSA) is 13.6 Å². The number of hydrogen-bond acceptors (Lipinski definition) is 1. The monoisotopic (exact) mass is 211 g/mol. The summed E-state index contributed by atoms with van der Waals surface area (Å²) in [7, 11) is 1.55. The largest absolute Gasteiger partial charge is 0.507 e. The summed E-state index contributed by atoms with van der Waals surface area (Å²) in [6, 6.07) is 5.37. The predicted octanol–water partition coefficient (Wildman–Crippen LogP) is 3.01. The van der Waals surface area contributed by atoms with Gasteiger partial charge in [0.1, 0.15) is 5.75 Å². The number of halogens is 1. The van der Waals surface area contributed by atoms with E-state index in [9.17, 15) is 0 Å². The van der Waals surface area contributed by atoms with Gasteiger partial charge in [0.15, 0.2) is 0 Å². The van der Waals surface area contributed by atoms with Gasteiger partial charge >= 0.3 is 0 Å². The van der Waals surface area contributed by atoms with Crippen LogP contribution in [0.15, 0.2) is 22.7 Å². The average Bonchev–Trinajstić information content (AvgIpc) is 2.04. The Kier molecular flexibility index (Phi) is 2.50. The van der Waals surface area contributed by atoms with Gasteiger partial charge in [0.05, 0.1) is 13.7 Å². The smallest absolute Gasteiger partial charge is 0.229 e. The lowest BCUT2D eigenvalue weighted by Gasteiger charge is -2.03. The van der Waals surface area contributed by atoms with Crippen LogP contribution >= 0.6 is 15.9 Å². The van der Waals surface area contributed by atoms with Gasteiger partial charge in [-0.3, -0.25) is 0 Å². The maximum absolute atomic E-state index is 6.81. The van der Waals surface area contributed by atoms with Crippen LogP contribution in [-0.2, 0) is 0 Å². The van der Waals surface area contributed by atoms with Gasteiger partial charge in [0.25, 0.3) is 0 Å². The molecule has 0 aliphatic rings. The molecule has 3 heteroatoms. The Labute approximate surface area is 73.7 Å². The second-order valence-corrected chi connectivity index (χ2v) is 2.76. The molecule has 0 amide bonds. The molecule has 0 radical (unpaired) electrons. The summed E-state index contributed by atoms with van der Waals surface area (Å²) in [5, 5.41) is 0. The lowest BCUT2D eigenvalue weighted by molar-refractivity contribution is 0.415. The normalized spacial score (nSPS) is 8.82. The van der Waals surface area contributed by atoms with E-state index in [2.05, 4.69) is 20.8 Å². The minimum Gasteiger partial charge on any atom is -0.507 e. The van der Waals surface area contributed by atoms with Gasteiger partial charge in [-0.15, -0.1) is 0 Å². The van der Waals surface area contributed by atoms with Crippen LogP contribution in [0.25, 0.3) is 4.85 Å². The number of hydrogen-bond donors (Lipinski definition) is 0. The fourth-order valence-corrected chi connectivity index (χ4v) is 1.31. The highest BCUT2D eigenvalue weighted by atomic mass is 79.9. The van der Waals surface area contributed by atoms with Crippen molar-refractivity contribution in [2.45, 2.75) is 0 Å². The second kappa shape index (κ2) is 3.40. The summed E-state index contributed by atoms with van der Waals surface area (Å²) in [5.74, 6) is 0.600. The molecule has 2 nitrogen and oxygen atoms in total. The molecule has 1 aromatic rings. The minimum atomic E-state index is 0.530. The van der Waals surface area contributed by atoms with Crippen molar-refractivity contribution < 1.29 is 4.74 Å². The molecule has 0 unspecified atom stereocenters. The minimum absolute atomic E-state index is 0.530. The fraction of sp³-hybridized carbons (Fsp3) is 0.125. The maximum atomic E-state index is 6.81. The molecule has 0 saturated carbocycles. The van der Waals surface area contributed by atoms with Crippen molar-refractivity contribution in [2.75, 3.05) is 7.11 Å². The van der Waals surface area contributed by atoms with Gasteiger partial charge in [-0.05, 0) is 22.0 Å². The molecule has 0 aliphatic carbocycles. The molecule has 11 heavy (non-hydrogen) atoms. The highest BCUT2D eigenvalue weighted by molar-refractivity contribution is 9.10. The van der Waals surface area contributed by atoms with Gasteiger partial charge in [0.2, 0.25) is 5.69 Å². The van der Waals surface area contributed by atoms with Crippen molar-refractivity contribution in [2.24, 2.45) is 0 Å². The summed E-state index contributed by atoms with van der Waals surface area (Å²) >= 11 is 3.28. The van der Waals surface area contributed by atoms with Crippen LogP contribution in [0.5, 0.6) is 5.75 Å². The molecule has 0 saturated heterocycles. The van der Waals surface area contributed by atoms with Crippen LogP contribution in [0.2, 0.25) is 0 Å². The number of rotatable bonds is 1. The zero-order valence-electron chi connectivity index (χ0n) is 5.97. The first-order valence-electron chi connectivity index (χ1n) is 2.99. The lowest BCUT2D eigenvalue weighted by Crippen LogP contribution is -1.83. The Bertz CT molecular complexity index is 303. The summed E-state index contributed by atoms with van der Waals surface area (Å²) in [5.41, 5.74) is 0.530. The number of ether oxygens (including phenoxy) is 1. The van der Waals surface area contributed by atoms with Gasteiger partial charge in [0, 0.05) is 4.47 Å². The first-order valence-corrected chi connectivity index (χ1v) is 3.79. The average molecular weight is 212 g/mol. The van der Waals surface area contributed by atoms with Gasteiger partial charge in [-0.1, -0.05) is 12.1 Å². The molecule has 56 valence electrons. The zero-order chi connectivity index (χ0) is 8.27. The van der Waals surface area contributed by atoms with Gasteiger partial charge in [-0.25, -0.2) is 4.85 Å². The zero-order valence-corrected chi connectivity index (χ0v) is 7.55. The van der Waals surface area contributed by atoms with Crippen LogP contribution in [0.3, 0.4) is 0 Å². The molecule has 0 spiro atoms. The highest BCUT2D eigenvalue weighted by Gasteiger charge is 2.04. The fourth-order valence-electron chi connectivity index (χ4n) is 0.788. The Morgan fingerprint density at radius 1 is 1.55 bits per heavy atom. The van der Waals surface area contributed by atoms with Gasteiger partial charge < -0.3 is 4.74 Å². The summed E-state index contributed by atoms with van der Waals surface area (Å²) in [6.45, 7) is 6.81. The first kappa shape index (κ1) is 8.09. The van der Waals surface area contributed by atoms with E-state index in [1.54, 1.807) is 19.2 Å². The van der Waals surface area contributed by atoms with Crippen molar-refractivity contribution in [3.05, 3.63) is 34.1 Å². The third kappa shape index (κ3) is 1.52. The molecule has 0 aliphatic heterocycles.